The number of imide groups is 1. The van der Waals surface area contributed by atoms with E-state index in [9.17, 15) is 19.2 Å². The van der Waals surface area contributed by atoms with Gasteiger partial charge in [-0.05, 0) is 56.5 Å². The zero-order valence-corrected chi connectivity index (χ0v) is 16.2. The molecule has 1 aliphatic carbocycles. The first-order valence-corrected chi connectivity index (χ1v) is 9.56. The number of carbonyl (C=O) groups is 4. The monoisotopic (exact) mass is 391 g/mol. The highest BCUT2D eigenvalue weighted by Crippen LogP contribution is 2.31. The fraction of sp³-hybridized carbons (Fsp3) is 0.273. The Bertz CT molecular complexity index is 1010. The number of hydrogen-bond acceptors (Lipinski definition) is 4. The van der Waals surface area contributed by atoms with Gasteiger partial charge in [0.05, 0.1) is 11.1 Å². The first kappa shape index (κ1) is 18.9. The molecule has 4 rings (SSSR count). The second kappa shape index (κ2) is 7.16. The molecule has 0 spiro atoms. The zero-order valence-electron chi connectivity index (χ0n) is 16.2. The second-order valence-corrected chi connectivity index (χ2v) is 7.48. The Morgan fingerprint density at radius 2 is 1.62 bits per heavy atom. The van der Waals surface area contributed by atoms with Crippen LogP contribution in [-0.2, 0) is 9.59 Å². The van der Waals surface area contributed by atoms with Crippen molar-refractivity contribution < 1.29 is 19.2 Å². The third-order valence-electron chi connectivity index (χ3n) is 5.30. The van der Waals surface area contributed by atoms with Crippen LogP contribution in [0.3, 0.4) is 0 Å². The van der Waals surface area contributed by atoms with Crippen LogP contribution in [0.4, 0.5) is 11.4 Å². The van der Waals surface area contributed by atoms with E-state index in [0.29, 0.717) is 22.5 Å². The average molecular weight is 391 g/mol. The van der Waals surface area contributed by atoms with E-state index in [1.54, 1.807) is 42.5 Å². The molecule has 1 atom stereocenters. The lowest BCUT2D eigenvalue weighted by molar-refractivity contribution is -0.119. The van der Waals surface area contributed by atoms with Crippen LogP contribution in [0.25, 0.3) is 0 Å². The smallest absolute Gasteiger partial charge is 0.262 e. The van der Waals surface area contributed by atoms with Crippen molar-refractivity contribution in [3.8, 4) is 0 Å². The van der Waals surface area contributed by atoms with Crippen LogP contribution < -0.4 is 10.6 Å². The van der Waals surface area contributed by atoms with Gasteiger partial charge in [0.2, 0.25) is 11.8 Å². The summed E-state index contributed by atoms with van der Waals surface area (Å²) in [4.78, 5) is 50.9. The molecule has 0 radical (unpaired) electrons. The topological polar surface area (TPSA) is 95.6 Å². The van der Waals surface area contributed by atoms with Crippen LogP contribution in [-0.4, -0.2) is 34.6 Å². The largest absolute Gasteiger partial charge is 0.326 e. The standard InChI is InChI=1S/C22H21N3O4/c1-12-7-10-15(23-20(27)14-8-9-14)11-18(12)24-19(26)13(2)25-21(28)16-5-3-4-6-17(16)22(25)29/h3-7,10-11,13-14H,8-9H2,1-2H3,(H,23,27)(H,24,26). The maximum absolute atomic E-state index is 12.8. The molecule has 1 saturated carbocycles. The number of carbonyl (C=O) groups excluding carboxylic acids is 4. The van der Waals surface area contributed by atoms with Crippen LogP contribution in [0.2, 0.25) is 0 Å². The van der Waals surface area contributed by atoms with Crippen LogP contribution in [0.15, 0.2) is 42.5 Å². The lowest BCUT2D eigenvalue weighted by atomic mass is 10.1. The Morgan fingerprint density at radius 3 is 2.21 bits per heavy atom. The van der Waals surface area contributed by atoms with Crippen LogP contribution >= 0.6 is 0 Å². The van der Waals surface area contributed by atoms with E-state index in [1.807, 2.05) is 6.92 Å². The molecule has 29 heavy (non-hydrogen) atoms. The number of fused-ring (bicyclic) bond motifs is 1. The van der Waals surface area contributed by atoms with Crippen molar-refractivity contribution in [1.29, 1.82) is 0 Å². The molecule has 1 heterocycles. The Labute approximate surface area is 168 Å². The Balaban J connectivity index is 1.50. The fourth-order valence-corrected chi connectivity index (χ4v) is 3.34. The van der Waals surface area contributed by atoms with Gasteiger partial charge in [-0.15, -0.1) is 0 Å². The number of hydrogen-bond donors (Lipinski definition) is 2. The molecule has 1 fully saturated rings. The first-order chi connectivity index (χ1) is 13.9. The summed E-state index contributed by atoms with van der Waals surface area (Å²) in [5.41, 5.74) is 2.52. The van der Waals surface area contributed by atoms with Gasteiger partial charge in [-0.3, -0.25) is 24.1 Å². The summed E-state index contributed by atoms with van der Waals surface area (Å²) in [7, 11) is 0. The van der Waals surface area contributed by atoms with E-state index in [1.165, 1.54) is 6.92 Å². The normalized spacial score (nSPS) is 16.4. The molecule has 2 aliphatic rings. The van der Waals surface area contributed by atoms with Gasteiger partial charge < -0.3 is 10.6 Å². The molecule has 4 amide bonds. The molecule has 0 bridgehead atoms. The molecule has 0 aromatic heterocycles. The lowest BCUT2D eigenvalue weighted by Gasteiger charge is -2.22. The molecule has 1 unspecified atom stereocenters. The summed E-state index contributed by atoms with van der Waals surface area (Å²) in [5.74, 6) is -1.38. The number of rotatable bonds is 5. The van der Waals surface area contributed by atoms with Crippen molar-refractivity contribution in [3.63, 3.8) is 0 Å². The van der Waals surface area contributed by atoms with Crippen molar-refractivity contribution in [3.05, 3.63) is 59.2 Å². The third kappa shape index (κ3) is 3.51. The van der Waals surface area contributed by atoms with Gasteiger partial charge in [0.25, 0.3) is 11.8 Å². The minimum atomic E-state index is -0.980. The molecule has 2 N–H and O–H groups in total. The number of benzene rings is 2. The van der Waals surface area contributed by atoms with Gasteiger partial charge in [-0.1, -0.05) is 18.2 Å². The summed E-state index contributed by atoms with van der Waals surface area (Å²) in [6, 6.07) is 10.8. The van der Waals surface area contributed by atoms with Gasteiger partial charge in [-0.2, -0.15) is 0 Å². The highest BCUT2D eigenvalue weighted by molar-refractivity contribution is 6.23. The van der Waals surface area contributed by atoms with Gasteiger partial charge in [-0.25, -0.2) is 0 Å². The molecular weight excluding hydrogens is 370 g/mol. The van der Waals surface area contributed by atoms with E-state index < -0.39 is 23.8 Å². The van der Waals surface area contributed by atoms with Crippen molar-refractivity contribution in [2.45, 2.75) is 32.7 Å². The van der Waals surface area contributed by atoms with Crippen LogP contribution in [0.5, 0.6) is 0 Å². The minimum absolute atomic E-state index is 0.0227. The Morgan fingerprint density at radius 1 is 1.00 bits per heavy atom. The summed E-state index contributed by atoms with van der Waals surface area (Å²) in [5, 5.41) is 5.62. The predicted octanol–water partition coefficient (Wildman–Crippen LogP) is 2.97. The van der Waals surface area contributed by atoms with Crippen molar-refractivity contribution in [1.82, 2.24) is 4.90 Å². The Kier molecular flexibility index (Phi) is 4.66. The van der Waals surface area contributed by atoms with Gasteiger partial charge in [0, 0.05) is 17.3 Å². The molecular formula is C22H21N3O4. The maximum atomic E-state index is 12.8. The number of aryl methyl sites for hydroxylation is 1. The first-order valence-electron chi connectivity index (χ1n) is 9.56. The number of amides is 4. The maximum Gasteiger partial charge on any atom is 0.262 e. The van der Waals surface area contributed by atoms with Gasteiger partial charge in [0.15, 0.2) is 0 Å². The molecule has 2 aromatic rings. The van der Waals surface area contributed by atoms with E-state index in [0.717, 1.165) is 23.3 Å². The van der Waals surface area contributed by atoms with E-state index in [4.69, 9.17) is 0 Å². The highest BCUT2D eigenvalue weighted by Gasteiger charge is 2.40. The van der Waals surface area contributed by atoms with E-state index in [2.05, 4.69) is 10.6 Å². The molecule has 148 valence electrons. The van der Waals surface area contributed by atoms with E-state index in [-0.39, 0.29) is 11.8 Å². The van der Waals surface area contributed by atoms with Crippen LogP contribution in [0, 0.1) is 12.8 Å². The molecule has 0 saturated heterocycles. The average Bonchev–Trinajstić information content (AvgIpc) is 3.52. The number of nitrogens with one attached hydrogen (secondary N) is 2. The molecule has 2 aromatic carbocycles. The van der Waals surface area contributed by atoms with Crippen LogP contribution in [0.1, 0.15) is 46.0 Å². The molecule has 7 heteroatoms. The number of anilines is 2. The van der Waals surface area contributed by atoms with Crippen molar-refractivity contribution in [2.24, 2.45) is 5.92 Å². The number of nitrogens with zero attached hydrogens (tertiary/aromatic N) is 1. The SMILES string of the molecule is Cc1ccc(NC(=O)C2CC2)cc1NC(=O)C(C)N1C(=O)c2ccccc2C1=O. The molecule has 1 aliphatic heterocycles. The van der Waals surface area contributed by atoms with E-state index >= 15 is 0 Å². The lowest BCUT2D eigenvalue weighted by Crippen LogP contribution is -2.45. The highest BCUT2D eigenvalue weighted by atomic mass is 16.2. The Hall–Kier alpha value is -3.48. The second-order valence-electron chi connectivity index (χ2n) is 7.48. The van der Waals surface area contributed by atoms with Gasteiger partial charge in [0.1, 0.15) is 6.04 Å². The molecule has 7 nitrogen and oxygen atoms in total. The third-order valence-corrected chi connectivity index (χ3v) is 5.30. The summed E-state index contributed by atoms with van der Waals surface area (Å²) in [6.07, 6.45) is 1.80. The van der Waals surface area contributed by atoms with Crippen molar-refractivity contribution >= 4 is 35.0 Å². The minimum Gasteiger partial charge on any atom is -0.326 e. The summed E-state index contributed by atoms with van der Waals surface area (Å²) in [6.45, 7) is 3.35. The zero-order chi connectivity index (χ0) is 20.7. The fourth-order valence-electron chi connectivity index (χ4n) is 3.34. The predicted molar refractivity (Wildman–Crippen MR) is 108 cm³/mol. The van der Waals surface area contributed by atoms with Gasteiger partial charge >= 0.3 is 0 Å². The summed E-state index contributed by atoms with van der Waals surface area (Å²) < 4.78 is 0. The summed E-state index contributed by atoms with van der Waals surface area (Å²) >= 11 is 0. The van der Waals surface area contributed by atoms with Crippen molar-refractivity contribution in [2.75, 3.05) is 10.6 Å². The quantitative estimate of drug-likeness (QED) is 0.766.